The molecule has 3 aromatic rings. The molecule has 1 amide bonds. The van der Waals surface area contributed by atoms with E-state index in [1.807, 2.05) is 11.5 Å². The SMILES string of the molecule is CCn1c(CCCOc2ccc(Cl)cc2Cl)nnc1SCC(=O)Nc1sc2c(c1C(=O)OC)CCCC2. The van der Waals surface area contributed by atoms with Crippen LogP contribution >= 0.6 is 46.3 Å². The highest BCUT2D eigenvalue weighted by Crippen LogP contribution is 2.38. The maximum absolute atomic E-state index is 12.8. The Kier molecular flexibility index (Phi) is 9.75. The summed E-state index contributed by atoms with van der Waals surface area (Å²) >= 11 is 14.9. The Morgan fingerprint density at radius 2 is 2.03 bits per heavy atom. The molecule has 4 rings (SSSR count). The molecular formula is C25H28Cl2N4O4S2. The van der Waals surface area contributed by atoms with Gasteiger partial charge in [0.25, 0.3) is 0 Å². The van der Waals surface area contributed by atoms with Crippen LogP contribution in [0.15, 0.2) is 23.4 Å². The Bertz CT molecular complexity index is 1280. The number of anilines is 1. The highest BCUT2D eigenvalue weighted by Gasteiger charge is 2.27. The van der Waals surface area contributed by atoms with E-state index in [-0.39, 0.29) is 11.7 Å². The Labute approximate surface area is 234 Å². The van der Waals surface area contributed by atoms with Crippen molar-refractivity contribution in [2.24, 2.45) is 0 Å². The molecule has 0 spiro atoms. The predicted octanol–water partition coefficient (Wildman–Crippen LogP) is 6.07. The zero-order chi connectivity index (χ0) is 26.4. The number of benzene rings is 1. The minimum absolute atomic E-state index is 0.152. The van der Waals surface area contributed by atoms with Gasteiger partial charge >= 0.3 is 5.97 Å². The van der Waals surface area contributed by atoms with Crippen LogP contribution in [0.5, 0.6) is 5.75 Å². The fourth-order valence-corrected chi connectivity index (χ4v) is 6.78. The molecule has 1 aliphatic carbocycles. The molecular weight excluding hydrogens is 555 g/mol. The van der Waals surface area contributed by atoms with E-state index in [1.54, 1.807) is 18.2 Å². The number of halogens is 2. The van der Waals surface area contributed by atoms with Crippen molar-refractivity contribution in [1.29, 1.82) is 0 Å². The van der Waals surface area contributed by atoms with Gasteiger partial charge in [0.15, 0.2) is 5.16 Å². The number of aryl methyl sites for hydroxylation is 2. The van der Waals surface area contributed by atoms with Gasteiger partial charge in [-0.05, 0) is 62.8 Å². The van der Waals surface area contributed by atoms with Gasteiger partial charge in [0.1, 0.15) is 16.6 Å². The molecule has 8 nitrogen and oxygen atoms in total. The van der Waals surface area contributed by atoms with E-state index in [0.717, 1.165) is 48.4 Å². The third-order valence-corrected chi connectivity index (χ3v) is 8.66. The van der Waals surface area contributed by atoms with E-state index in [9.17, 15) is 9.59 Å². The molecule has 0 fully saturated rings. The Hall–Kier alpha value is -2.27. The molecule has 2 aromatic heterocycles. The van der Waals surface area contributed by atoms with Crippen LogP contribution in [0.4, 0.5) is 5.00 Å². The number of hydrogen-bond acceptors (Lipinski definition) is 8. The van der Waals surface area contributed by atoms with Gasteiger partial charge in [0.2, 0.25) is 5.91 Å². The smallest absolute Gasteiger partial charge is 0.341 e. The lowest BCUT2D eigenvalue weighted by Crippen LogP contribution is -2.17. The average Bonchev–Trinajstić information content (AvgIpc) is 3.46. The van der Waals surface area contributed by atoms with Gasteiger partial charge < -0.3 is 19.4 Å². The summed E-state index contributed by atoms with van der Waals surface area (Å²) in [6.45, 7) is 3.16. The van der Waals surface area contributed by atoms with E-state index in [2.05, 4.69) is 15.5 Å². The highest BCUT2D eigenvalue weighted by atomic mass is 35.5. The van der Waals surface area contributed by atoms with Gasteiger partial charge in [-0.25, -0.2) is 4.79 Å². The Morgan fingerprint density at radius 1 is 1.22 bits per heavy atom. The number of ether oxygens (including phenoxy) is 2. The average molecular weight is 584 g/mol. The van der Waals surface area contributed by atoms with Crippen molar-refractivity contribution < 1.29 is 19.1 Å². The summed E-state index contributed by atoms with van der Waals surface area (Å²) in [5.41, 5.74) is 1.52. The lowest BCUT2D eigenvalue weighted by atomic mass is 9.95. The maximum atomic E-state index is 12.8. The normalized spacial score (nSPS) is 12.8. The van der Waals surface area contributed by atoms with Crippen LogP contribution in [0.2, 0.25) is 10.0 Å². The highest BCUT2D eigenvalue weighted by molar-refractivity contribution is 7.99. The predicted molar refractivity (Wildman–Crippen MR) is 148 cm³/mol. The summed E-state index contributed by atoms with van der Waals surface area (Å²) in [5.74, 6) is 0.969. The number of esters is 1. The van der Waals surface area contributed by atoms with Crippen LogP contribution in [-0.2, 0) is 35.3 Å². The van der Waals surface area contributed by atoms with Gasteiger partial charge in [-0.3, -0.25) is 4.79 Å². The first-order chi connectivity index (χ1) is 17.9. The molecule has 1 N–H and O–H groups in total. The van der Waals surface area contributed by atoms with Crippen LogP contribution in [0.3, 0.4) is 0 Å². The van der Waals surface area contributed by atoms with Gasteiger partial charge in [-0.2, -0.15) is 0 Å². The molecule has 0 unspecified atom stereocenters. The minimum Gasteiger partial charge on any atom is -0.492 e. The lowest BCUT2D eigenvalue weighted by Gasteiger charge is -2.11. The third kappa shape index (κ3) is 6.79. The molecule has 0 radical (unpaired) electrons. The van der Waals surface area contributed by atoms with Crippen molar-refractivity contribution in [3.63, 3.8) is 0 Å². The van der Waals surface area contributed by atoms with E-state index in [4.69, 9.17) is 32.7 Å². The molecule has 2 heterocycles. The minimum atomic E-state index is -0.403. The van der Waals surface area contributed by atoms with E-state index >= 15 is 0 Å². The third-order valence-electron chi connectivity index (χ3n) is 5.95. The number of fused-ring (bicyclic) bond motifs is 1. The first-order valence-corrected chi connectivity index (χ1v) is 14.6. The molecule has 0 bridgehead atoms. The first kappa shape index (κ1) is 27.8. The number of carbonyl (C=O) groups excluding carboxylic acids is 2. The number of thiophene rings is 1. The zero-order valence-electron chi connectivity index (χ0n) is 20.6. The number of hydrogen-bond donors (Lipinski definition) is 1. The number of rotatable bonds is 11. The quantitative estimate of drug-likeness (QED) is 0.166. The zero-order valence-corrected chi connectivity index (χ0v) is 23.8. The van der Waals surface area contributed by atoms with Crippen molar-refractivity contribution in [3.05, 3.63) is 50.1 Å². The number of nitrogens with one attached hydrogen (secondary N) is 1. The Balaban J connectivity index is 1.32. The van der Waals surface area contributed by atoms with Gasteiger partial charge in [0, 0.05) is 22.9 Å². The molecule has 0 saturated heterocycles. The largest absolute Gasteiger partial charge is 0.492 e. The van der Waals surface area contributed by atoms with Crippen LogP contribution < -0.4 is 10.1 Å². The lowest BCUT2D eigenvalue weighted by molar-refractivity contribution is -0.113. The van der Waals surface area contributed by atoms with Crippen molar-refractivity contribution in [2.45, 2.75) is 57.1 Å². The fourth-order valence-electron chi connectivity index (χ4n) is 4.20. The van der Waals surface area contributed by atoms with Crippen LogP contribution in [0, 0.1) is 0 Å². The number of methoxy groups -OCH3 is 1. The maximum Gasteiger partial charge on any atom is 0.341 e. The second-order valence-electron chi connectivity index (χ2n) is 8.41. The van der Waals surface area contributed by atoms with Crippen LogP contribution in [0.25, 0.3) is 0 Å². The fraction of sp³-hybridized carbons (Fsp3) is 0.440. The second-order valence-corrected chi connectivity index (χ2v) is 11.3. The summed E-state index contributed by atoms with van der Waals surface area (Å²) in [6.07, 6.45) is 5.28. The van der Waals surface area contributed by atoms with E-state index in [1.165, 1.54) is 30.2 Å². The molecule has 1 aromatic carbocycles. The summed E-state index contributed by atoms with van der Waals surface area (Å²) in [6, 6.07) is 5.13. The molecule has 1 aliphatic rings. The summed E-state index contributed by atoms with van der Waals surface area (Å²) in [4.78, 5) is 26.4. The van der Waals surface area contributed by atoms with Gasteiger partial charge in [-0.1, -0.05) is 35.0 Å². The Morgan fingerprint density at radius 3 is 2.78 bits per heavy atom. The number of thioether (sulfide) groups is 1. The van der Waals surface area contributed by atoms with Gasteiger partial charge in [-0.15, -0.1) is 21.5 Å². The van der Waals surface area contributed by atoms with Gasteiger partial charge in [0.05, 0.1) is 30.1 Å². The molecule has 12 heteroatoms. The van der Waals surface area contributed by atoms with Crippen LogP contribution in [0.1, 0.15) is 52.8 Å². The van der Waals surface area contributed by atoms with Crippen molar-refractivity contribution in [3.8, 4) is 5.75 Å². The van der Waals surface area contributed by atoms with Crippen LogP contribution in [-0.4, -0.2) is 46.1 Å². The van der Waals surface area contributed by atoms with Crippen molar-refractivity contribution >= 4 is 63.2 Å². The van der Waals surface area contributed by atoms with E-state index in [0.29, 0.717) is 51.1 Å². The molecule has 198 valence electrons. The van der Waals surface area contributed by atoms with Crippen molar-refractivity contribution in [1.82, 2.24) is 14.8 Å². The number of carbonyl (C=O) groups is 2. The molecule has 0 aliphatic heterocycles. The summed E-state index contributed by atoms with van der Waals surface area (Å²) in [7, 11) is 1.37. The second kappa shape index (κ2) is 13.0. The number of amides is 1. The van der Waals surface area contributed by atoms with Crippen molar-refractivity contribution in [2.75, 3.05) is 24.8 Å². The molecule has 37 heavy (non-hydrogen) atoms. The summed E-state index contributed by atoms with van der Waals surface area (Å²) < 4.78 is 12.7. The molecule has 0 saturated carbocycles. The first-order valence-electron chi connectivity index (χ1n) is 12.1. The number of aromatic nitrogens is 3. The monoisotopic (exact) mass is 582 g/mol. The van der Waals surface area contributed by atoms with E-state index < -0.39 is 5.97 Å². The standard InChI is InChI=1S/C25H28Cl2N4O4S2/c1-3-31-20(9-6-12-35-18-11-10-15(26)13-17(18)27)29-30-25(31)36-14-21(32)28-23-22(24(33)34-2)16-7-4-5-8-19(16)37-23/h10-11,13H,3-9,12,14H2,1-2H3,(H,28,32). The number of nitrogens with zero attached hydrogens (tertiary/aromatic N) is 3. The summed E-state index contributed by atoms with van der Waals surface area (Å²) in [5, 5.41) is 13.8. The topological polar surface area (TPSA) is 95.3 Å². The molecule has 0 atom stereocenters.